The van der Waals surface area contributed by atoms with Crippen molar-refractivity contribution in [2.45, 2.75) is 32.4 Å². The van der Waals surface area contributed by atoms with Crippen molar-refractivity contribution in [1.82, 2.24) is 14.8 Å². The van der Waals surface area contributed by atoms with Gasteiger partial charge in [0, 0.05) is 12.5 Å². The first-order chi connectivity index (χ1) is 6.16. The fraction of sp³-hybridized carbons (Fsp3) is 0.556. The molecule has 0 bridgehead atoms. The minimum Gasteiger partial charge on any atom is -0.321 e. The molecule has 1 unspecified atom stereocenters. The molecule has 0 aliphatic heterocycles. The molecule has 4 nitrogen and oxygen atoms in total. The first-order valence-electron chi connectivity index (χ1n) is 4.25. The third kappa shape index (κ3) is 2.07. The summed E-state index contributed by atoms with van der Waals surface area (Å²) >= 11 is 0. The van der Waals surface area contributed by atoms with E-state index in [2.05, 4.69) is 30.0 Å². The van der Waals surface area contributed by atoms with Crippen molar-refractivity contribution in [1.29, 1.82) is 0 Å². The molecule has 70 valence electrons. The maximum Gasteiger partial charge on any atom is 0.150 e. The number of hydrogen-bond acceptors (Lipinski definition) is 3. The van der Waals surface area contributed by atoms with Crippen molar-refractivity contribution in [3.63, 3.8) is 0 Å². The Hall–Kier alpha value is -1.34. The van der Waals surface area contributed by atoms with E-state index in [1.807, 2.05) is 4.57 Å². The van der Waals surface area contributed by atoms with E-state index in [9.17, 15) is 0 Å². The SMILES string of the molecule is C#CCC(N)c1nncn1C(C)C. The lowest BCUT2D eigenvalue weighted by Crippen LogP contribution is -2.17. The van der Waals surface area contributed by atoms with E-state index >= 15 is 0 Å². The van der Waals surface area contributed by atoms with Crippen molar-refractivity contribution < 1.29 is 0 Å². The molecular weight excluding hydrogens is 164 g/mol. The molecule has 2 N–H and O–H groups in total. The molecule has 0 aliphatic rings. The van der Waals surface area contributed by atoms with Gasteiger partial charge in [0.15, 0.2) is 5.82 Å². The molecule has 13 heavy (non-hydrogen) atoms. The Kier molecular flexibility index (Phi) is 3.04. The number of nitrogens with two attached hydrogens (primary N) is 1. The fourth-order valence-corrected chi connectivity index (χ4v) is 1.13. The van der Waals surface area contributed by atoms with E-state index in [-0.39, 0.29) is 6.04 Å². The largest absolute Gasteiger partial charge is 0.321 e. The van der Waals surface area contributed by atoms with Gasteiger partial charge in [-0.1, -0.05) is 0 Å². The summed E-state index contributed by atoms with van der Waals surface area (Å²) in [6, 6.07) is 0.101. The van der Waals surface area contributed by atoms with Crippen LogP contribution < -0.4 is 5.73 Å². The highest BCUT2D eigenvalue weighted by molar-refractivity contribution is 5.01. The Morgan fingerprint density at radius 1 is 1.69 bits per heavy atom. The molecule has 0 amide bonds. The molecule has 1 atom stereocenters. The lowest BCUT2D eigenvalue weighted by molar-refractivity contribution is 0.533. The van der Waals surface area contributed by atoms with Crippen LogP contribution in [0.3, 0.4) is 0 Å². The van der Waals surface area contributed by atoms with Crippen LogP contribution in [0.2, 0.25) is 0 Å². The molecule has 0 spiro atoms. The Bertz CT molecular complexity index is 308. The Morgan fingerprint density at radius 2 is 2.38 bits per heavy atom. The lowest BCUT2D eigenvalue weighted by atomic mass is 10.2. The average Bonchev–Trinajstić information content (AvgIpc) is 2.52. The zero-order valence-electron chi connectivity index (χ0n) is 7.94. The highest BCUT2D eigenvalue weighted by atomic mass is 15.3. The molecule has 1 rings (SSSR count). The number of nitrogens with zero attached hydrogens (tertiary/aromatic N) is 3. The minimum atomic E-state index is -0.213. The number of terminal acetylenes is 1. The summed E-state index contributed by atoms with van der Waals surface area (Å²) in [7, 11) is 0. The van der Waals surface area contributed by atoms with E-state index in [1.54, 1.807) is 6.33 Å². The van der Waals surface area contributed by atoms with Crippen LogP contribution in [-0.4, -0.2) is 14.8 Å². The highest BCUT2D eigenvalue weighted by Gasteiger charge is 2.13. The Labute approximate surface area is 78.2 Å². The third-order valence-corrected chi connectivity index (χ3v) is 1.83. The summed E-state index contributed by atoms with van der Waals surface area (Å²) in [5.41, 5.74) is 5.82. The molecule has 4 heteroatoms. The highest BCUT2D eigenvalue weighted by Crippen LogP contribution is 2.14. The summed E-state index contributed by atoms with van der Waals surface area (Å²) in [5, 5.41) is 7.76. The molecule has 0 fully saturated rings. The van der Waals surface area contributed by atoms with Crippen molar-refractivity contribution >= 4 is 0 Å². The van der Waals surface area contributed by atoms with Gasteiger partial charge in [-0.15, -0.1) is 22.5 Å². The second kappa shape index (κ2) is 4.06. The molecular formula is C9H14N4. The summed E-state index contributed by atoms with van der Waals surface area (Å²) in [4.78, 5) is 0. The predicted octanol–water partition coefficient (Wildman–Crippen LogP) is 0.882. The van der Waals surface area contributed by atoms with Crippen LogP contribution in [0.15, 0.2) is 6.33 Å². The molecule has 0 aromatic carbocycles. The average molecular weight is 178 g/mol. The Balaban J connectivity index is 2.88. The quantitative estimate of drug-likeness (QED) is 0.699. The van der Waals surface area contributed by atoms with Gasteiger partial charge in [0.25, 0.3) is 0 Å². The van der Waals surface area contributed by atoms with Crippen LogP contribution in [0.4, 0.5) is 0 Å². The smallest absolute Gasteiger partial charge is 0.150 e. The molecule has 1 heterocycles. The Morgan fingerprint density at radius 3 is 2.92 bits per heavy atom. The summed E-state index contributed by atoms with van der Waals surface area (Å²) in [6.45, 7) is 4.10. The molecule has 0 radical (unpaired) electrons. The van der Waals surface area contributed by atoms with Gasteiger partial charge in [-0.05, 0) is 13.8 Å². The van der Waals surface area contributed by atoms with Gasteiger partial charge in [-0.3, -0.25) is 0 Å². The first kappa shape index (κ1) is 9.75. The van der Waals surface area contributed by atoms with Crippen LogP contribution in [0.5, 0.6) is 0 Å². The topological polar surface area (TPSA) is 56.7 Å². The fourth-order valence-electron chi connectivity index (χ4n) is 1.13. The van der Waals surface area contributed by atoms with Gasteiger partial charge in [-0.2, -0.15) is 0 Å². The van der Waals surface area contributed by atoms with Gasteiger partial charge in [0.1, 0.15) is 6.33 Å². The van der Waals surface area contributed by atoms with Crippen LogP contribution in [0, 0.1) is 12.3 Å². The maximum atomic E-state index is 5.82. The summed E-state index contributed by atoms with van der Waals surface area (Å²) in [6.07, 6.45) is 7.34. The van der Waals surface area contributed by atoms with Crippen molar-refractivity contribution in [3.8, 4) is 12.3 Å². The van der Waals surface area contributed by atoms with Crippen LogP contribution in [0.1, 0.15) is 38.2 Å². The molecule has 0 saturated carbocycles. The monoisotopic (exact) mass is 178 g/mol. The van der Waals surface area contributed by atoms with Crippen molar-refractivity contribution in [2.24, 2.45) is 5.73 Å². The van der Waals surface area contributed by atoms with Gasteiger partial charge >= 0.3 is 0 Å². The van der Waals surface area contributed by atoms with Crippen LogP contribution in [0.25, 0.3) is 0 Å². The second-order valence-corrected chi connectivity index (χ2v) is 3.20. The van der Waals surface area contributed by atoms with Gasteiger partial charge in [-0.25, -0.2) is 0 Å². The summed E-state index contributed by atoms with van der Waals surface area (Å²) < 4.78 is 1.93. The molecule has 1 aromatic rings. The zero-order chi connectivity index (χ0) is 9.84. The first-order valence-corrected chi connectivity index (χ1v) is 4.25. The van der Waals surface area contributed by atoms with Gasteiger partial charge in [0.2, 0.25) is 0 Å². The number of hydrogen-bond donors (Lipinski definition) is 1. The molecule has 0 saturated heterocycles. The van der Waals surface area contributed by atoms with E-state index in [4.69, 9.17) is 12.2 Å². The number of aromatic nitrogens is 3. The van der Waals surface area contributed by atoms with E-state index < -0.39 is 0 Å². The van der Waals surface area contributed by atoms with E-state index in [0.29, 0.717) is 12.5 Å². The third-order valence-electron chi connectivity index (χ3n) is 1.83. The molecule has 1 aromatic heterocycles. The maximum absolute atomic E-state index is 5.82. The van der Waals surface area contributed by atoms with E-state index in [0.717, 1.165) is 5.82 Å². The lowest BCUT2D eigenvalue weighted by Gasteiger charge is -2.13. The van der Waals surface area contributed by atoms with Crippen LogP contribution >= 0.6 is 0 Å². The standard InChI is InChI=1S/C9H14N4/c1-4-5-8(10)9-12-11-6-13(9)7(2)3/h1,6-8H,5,10H2,2-3H3. The summed E-state index contributed by atoms with van der Waals surface area (Å²) in [5.74, 6) is 3.27. The zero-order valence-corrected chi connectivity index (χ0v) is 7.94. The van der Waals surface area contributed by atoms with Crippen molar-refractivity contribution in [2.75, 3.05) is 0 Å². The second-order valence-electron chi connectivity index (χ2n) is 3.20. The van der Waals surface area contributed by atoms with Gasteiger partial charge in [0.05, 0.1) is 6.04 Å². The van der Waals surface area contributed by atoms with Gasteiger partial charge < -0.3 is 10.3 Å². The minimum absolute atomic E-state index is 0.213. The normalized spacial score (nSPS) is 12.8. The molecule has 0 aliphatic carbocycles. The number of rotatable bonds is 3. The van der Waals surface area contributed by atoms with E-state index in [1.165, 1.54) is 0 Å². The van der Waals surface area contributed by atoms with Crippen LogP contribution in [-0.2, 0) is 0 Å². The predicted molar refractivity (Wildman–Crippen MR) is 50.8 cm³/mol. The van der Waals surface area contributed by atoms with Crippen molar-refractivity contribution in [3.05, 3.63) is 12.2 Å².